The van der Waals surface area contributed by atoms with Crippen LogP contribution in [0.5, 0.6) is 5.75 Å². The molecule has 0 aliphatic carbocycles. The summed E-state index contributed by atoms with van der Waals surface area (Å²) >= 11 is 0. The second-order valence-electron chi connectivity index (χ2n) is 4.13. The molecule has 0 aliphatic heterocycles. The van der Waals surface area contributed by atoms with Gasteiger partial charge in [-0.1, -0.05) is 0 Å². The average molecular weight is 275 g/mol. The molecule has 100 valence electrons. The number of aromatic hydroxyl groups is 1. The third kappa shape index (κ3) is 4.33. The van der Waals surface area contributed by atoms with Crippen molar-refractivity contribution in [3.8, 4) is 5.75 Å². The van der Waals surface area contributed by atoms with Crippen molar-refractivity contribution in [3.05, 3.63) is 29.6 Å². The Hall–Kier alpha value is -1.63. The van der Waals surface area contributed by atoms with Crippen LogP contribution in [0.1, 0.15) is 17.3 Å². The molecule has 0 fully saturated rings. The summed E-state index contributed by atoms with van der Waals surface area (Å²) in [6.07, 6.45) is 1.05. The molecule has 5 nitrogen and oxygen atoms in total. The van der Waals surface area contributed by atoms with E-state index in [-0.39, 0.29) is 17.1 Å². The molecule has 0 aliphatic rings. The molecule has 1 aromatic rings. The number of benzene rings is 1. The molecular formula is C11H14FNO4S. The minimum absolute atomic E-state index is 0.227. The molecule has 0 radical (unpaired) electrons. The summed E-state index contributed by atoms with van der Waals surface area (Å²) in [6, 6.07) is 2.34. The van der Waals surface area contributed by atoms with Gasteiger partial charge < -0.3 is 10.4 Å². The average Bonchev–Trinajstić information content (AvgIpc) is 2.18. The number of phenolic OH excluding ortho intramolecular Hbond substituents is 1. The highest BCUT2D eigenvalue weighted by Crippen LogP contribution is 2.17. The molecule has 7 heteroatoms. The molecule has 18 heavy (non-hydrogen) atoms. The van der Waals surface area contributed by atoms with E-state index in [1.807, 2.05) is 0 Å². The standard InChI is InChI=1S/C11H14FNO4S/c1-7(6-18(2,16)17)13-11(15)9-5-8(12)3-4-10(9)14/h3-5,7,14H,6H2,1-2H3,(H,13,15). The Labute approximate surface area is 105 Å². The fourth-order valence-electron chi connectivity index (χ4n) is 1.49. The first-order valence-corrected chi connectivity index (χ1v) is 7.22. The minimum Gasteiger partial charge on any atom is -0.507 e. The number of halogens is 1. The SMILES string of the molecule is CC(CS(C)(=O)=O)NC(=O)c1cc(F)ccc1O. The van der Waals surface area contributed by atoms with Crippen LogP contribution in [0.3, 0.4) is 0 Å². The van der Waals surface area contributed by atoms with E-state index in [2.05, 4.69) is 5.32 Å². The number of rotatable bonds is 4. The van der Waals surface area contributed by atoms with Crippen LogP contribution in [0, 0.1) is 5.82 Å². The van der Waals surface area contributed by atoms with Gasteiger partial charge in [0.15, 0.2) is 0 Å². The van der Waals surface area contributed by atoms with Gasteiger partial charge in [-0.3, -0.25) is 4.79 Å². The number of sulfone groups is 1. The molecule has 1 amide bonds. The number of hydrogen-bond donors (Lipinski definition) is 2. The molecule has 0 spiro atoms. The van der Waals surface area contributed by atoms with E-state index in [4.69, 9.17) is 0 Å². The maximum Gasteiger partial charge on any atom is 0.255 e. The number of amides is 1. The zero-order valence-corrected chi connectivity index (χ0v) is 10.8. The van der Waals surface area contributed by atoms with Crippen molar-refractivity contribution in [1.29, 1.82) is 0 Å². The summed E-state index contributed by atoms with van der Waals surface area (Å²) in [4.78, 5) is 11.7. The Morgan fingerprint density at radius 3 is 2.67 bits per heavy atom. The lowest BCUT2D eigenvalue weighted by Gasteiger charge is -2.13. The van der Waals surface area contributed by atoms with Gasteiger partial charge in [-0.25, -0.2) is 12.8 Å². The second-order valence-corrected chi connectivity index (χ2v) is 6.31. The Morgan fingerprint density at radius 2 is 2.11 bits per heavy atom. The summed E-state index contributed by atoms with van der Waals surface area (Å²) in [5.74, 6) is -1.97. The number of carbonyl (C=O) groups excluding carboxylic acids is 1. The first kappa shape index (κ1) is 14.4. The van der Waals surface area contributed by atoms with Gasteiger partial charge in [0.2, 0.25) is 0 Å². The van der Waals surface area contributed by atoms with Crippen LogP contribution in [0.4, 0.5) is 4.39 Å². The molecule has 0 heterocycles. The highest BCUT2D eigenvalue weighted by Gasteiger charge is 2.17. The Kier molecular flexibility index (Phi) is 4.28. The highest BCUT2D eigenvalue weighted by molar-refractivity contribution is 7.90. The topological polar surface area (TPSA) is 83.5 Å². The molecule has 0 bridgehead atoms. The highest BCUT2D eigenvalue weighted by atomic mass is 32.2. The Morgan fingerprint density at radius 1 is 1.50 bits per heavy atom. The van der Waals surface area contributed by atoms with Crippen molar-refractivity contribution in [3.63, 3.8) is 0 Å². The van der Waals surface area contributed by atoms with Crippen molar-refractivity contribution in [1.82, 2.24) is 5.32 Å². The summed E-state index contributed by atoms with van der Waals surface area (Å²) < 4.78 is 35.0. The van der Waals surface area contributed by atoms with Crippen LogP contribution in [0.15, 0.2) is 18.2 Å². The molecule has 1 aromatic carbocycles. The Balaban J connectivity index is 2.80. The predicted molar refractivity (Wildman–Crippen MR) is 64.7 cm³/mol. The molecule has 0 aromatic heterocycles. The van der Waals surface area contributed by atoms with E-state index in [1.165, 1.54) is 6.92 Å². The van der Waals surface area contributed by atoms with E-state index >= 15 is 0 Å². The van der Waals surface area contributed by atoms with Crippen molar-refractivity contribution in [2.24, 2.45) is 0 Å². The number of carbonyl (C=O) groups is 1. The summed E-state index contributed by atoms with van der Waals surface area (Å²) in [7, 11) is -3.22. The van der Waals surface area contributed by atoms with E-state index in [0.717, 1.165) is 24.5 Å². The van der Waals surface area contributed by atoms with Gasteiger partial charge in [0.05, 0.1) is 11.3 Å². The predicted octanol–water partition coefficient (Wildman–Crippen LogP) is 0.694. The fraction of sp³-hybridized carbons (Fsp3) is 0.364. The van der Waals surface area contributed by atoms with Crippen LogP contribution in [0.2, 0.25) is 0 Å². The van der Waals surface area contributed by atoms with Gasteiger partial charge in [0.25, 0.3) is 5.91 Å². The molecule has 1 rings (SSSR count). The third-order valence-corrected chi connectivity index (χ3v) is 3.24. The summed E-state index contributed by atoms with van der Waals surface area (Å²) in [5.41, 5.74) is -0.227. The first-order valence-electron chi connectivity index (χ1n) is 5.16. The van der Waals surface area contributed by atoms with Crippen molar-refractivity contribution < 1.29 is 22.7 Å². The van der Waals surface area contributed by atoms with Crippen LogP contribution < -0.4 is 5.32 Å². The molecule has 2 N–H and O–H groups in total. The molecule has 1 atom stereocenters. The number of hydrogen-bond acceptors (Lipinski definition) is 4. The lowest BCUT2D eigenvalue weighted by molar-refractivity contribution is 0.0940. The largest absolute Gasteiger partial charge is 0.507 e. The second kappa shape index (κ2) is 5.34. The van der Waals surface area contributed by atoms with Gasteiger partial charge in [-0.15, -0.1) is 0 Å². The molecule has 0 saturated carbocycles. The lowest BCUT2D eigenvalue weighted by atomic mass is 10.1. The van der Waals surface area contributed by atoms with Gasteiger partial charge >= 0.3 is 0 Å². The zero-order chi connectivity index (χ0) is 13.9. The van der Waals surface area contributed by atoms with Crippen LogP contribution >= 0.6 is 0 Å². The van der Waals surface area contributed by atoms with E-state index in [1.54, 1.807) is 0 Å². The van der Waals surface area contributed by atoms with Gasteiger partial charge in [0, 0.05) is 12.3 Å². The van der Waals surface area contributed by atoms with Crippen LogP contribution in [0.25, 0.3) is 0 Å². The summed E-state index contributed by atoms with van der Waals surface area (Å²) in [6.45, 7) is 1.51. The van der Waals surface area contributed by atoms with E-state index in [0.29, 0.717) is 0 Å². The number of phenols is 1. The molecule has 0 saturated heterocycles. The lowest BCUT2D eigenvalue weighted by Crippen LogP contribution is -2.37. The Bertz CT molecular complexity index is 556. The van der Waals surface area contributed by atoms with E-state index in [9.17, 15) is 22.7 Å². The van der Waals surface area contributed by atoms with Crippen LogP contribution in [-0.2, 0) is 9.84 Å². The van der Waals surface area contributed by atoms with E-state index < -0.39 is 27.6 Å². The van der Waals surface area contributed by atoms with Gasteiger partial charge in [-0.05, 0) is 25.1 Å². The van der Waals surface area contributed by atoms with Gasteiger partial charge in [-0.2, -0.15) is 0 Å². The number of nitrogens with one attached hydrogen (secondary N) is 1. The van der Waals surface area contributed by atoms with Crippen molar-refractivity contribution in [2.75, 3.05) is 12.0 Å². The maximum atomic E-state index is 12.9. The molecular weight excluding hydrogens is 261 g/mol. The summed E-state index contributed by atoms with van der Waals surface area (Å²) in [5, 5.41) is 11.8. The minimum atomic E-state index is -3.22. The quantitative estimate of drug-likeness (QED) is 0.847. The molecule has 1 unspecified atom stereocenters. The maximum absolute atomic E-state index is 12.9. The van der Waals surface area contributed by atoms with Gasteiger partial charge in [0.1, 0.15) is 21.4 Å². The first-order chi connectivity index (χ1) is 8.19. The van der Waals surface area contributed by atoms with Crippen molar-refractivity contribution in [2.45, 2.75) is 13.0 Å². The smallest absolute Gasteiger partial charge is 0.255 e. The monoisotopic (exact) mass is 275 g/mol. The van der Waals surface area contributed by atoms with Crippen LogP contribution in [-0.4, -0.2) is 37.5 Å². The van der Waals surface area contributed by atoms with Crippen molar-refractivity contribution >= 4 is 15.7 Å². The third-order valence-electron chi connectivity index (χ3n) is 2.13. The zero-order valence-electron chi connectivity index (χ0n) is 9.97. The fourth-order valence-corrected chi connectivity index (χ4v) is 2.48. The normalized spacial score (nSPS) is 13.1.